The summed E-state index contributed by atoms with van der Waals surface area (Å²) in [5.74, 6) is 0.151. The van der Waals surface area contributed by atoms with Crippen molar-refractivity contribution in [3.63, 3.8) is 0 Å². The van der Waals surface area contributed by atoms with Crippen molar-refractivity contribution in [1.82, 2.24) is 15.1 Å². The van der Waals surface area contributed by atoms with Gasteiger partial charge in [-0.1, -0.05) is 0 Å². The summed E-state index contributed by atoms with van der Waals surface area (Å²) in [7, 11) is 0. The average Bonchev–Trinajstić information content (AvgIpc) is 3.23. The standard InChI is InChI=1S/C24H29F3N4O3/c1-23(2,3)34-22(33)31-11-5-6-15(13-31)28-21-17-8-4-7-16(17)20(29-30-21)18-10-9-14(12-19(18)32)24(25,26)27/h9-10,12,15,32H,4-8,11,13H2,1-3H3,(H,28,30)/t15-/m1/s1. The molecule has 2 aliphatic rings. The number of amides is 1. The van der Waals surface area contributed by atoms with Crippen LogP contribution < -0.4 is 5.32 Å². The number of halogens is 3. The number of ether oxygens (including phenoxy) is 1. The van der Waals surface area contributed by atoms with Crippen LogP contribution in [-0.4, -0.2) is 51.0 Å². The molecule has 1 aromatic heterocycles. The number of rotatable bonds is 3. The quantitative estimate of drug-likeness (QED) is 0.633. The topological polar surface area (TPSA) is 87.6 Å². The monoisotopic (exact) mass is 478 g/mol. The van der Waals surface area contributed by atoms with Gasteiger partial charge in [0.05, 0.1) is 5.56 Å². The SMILES string of the molecule is CC(C)(C)OC(=O)N1CCC[C@@H](Nc2nnc(-c3ccc(C(F)(F)F)cc3O)c3c2CCC3)C1. The van der Waals surface area contributed by atoms with E-state index in [1.54, 1.807) is 4.90 Å². The van der Waals surface area contributed by atoms with Gasteiger partial charge in [0, 0.05) is 30.3 Å². The van der Waals surface area contributed by atoms with Gasteiger partial charge in [-0.2, -0.15) is 13.2 Å². The molecule has 184 valence electrons. The number of benzene rings is 1. The first-order chi connectivity index (χ1) is 15.9. The van der Waals surface area contributed by atoms with Crippen LogP contribution in [0.3, 0.4) is 0 Å². The Balaban J connectivity index is 1.55. The van der Waals surface area contributed by atoms with Gasteiger partial charge in [-0.15, -0.1) is 10.2 Å². The zero-order chi connectivity index (χ0) is 24.7. The van der Waals surface area contributed by atoms with E-state index in [0.717, 1.165) is 48.9 Å². The van der Waals surface area contributed by atoms with E-state index in [4.69, 9.17) is 4.74 Å². The highest BCUT2D eigenvalue weighted by Gasteiger charge is 2.33. The van der Waals surface area contributed by atoms with E-state index < -0.39 is 23.1 Å². The number of nitrogens with one attached hydrogen (secondary N) is 1. The summed E-state index contributed by atoms with van der Waals surface area (Å²) in [6, 6.07) is 2.88. The van der Waals surface area contributed by atoms with E-state index in [1.807, 2.05) is 20.8 Å². The second-order valence-electron chi connectivity index (χ2n) is 9.85. The van der Waals surface area contributed by atoms with Gasteiger partial charge in [0.1, 0.15) is 17.0 Å². The number of carbonyl (C=O) groups excluding carboxylic acids is 1. The molecule has 0 saturated carbocycles. The number of carbonyl (C=O) groups is 1. The molecule has 2 N–H and O–H groups in total. The lowest BCUT2D eigenvalue weighted by Crippen LogP contribution is -2.47. The first kappa shape index (κ1) is 24.1. The minimum Gasteiger partial charge on any atom is -0.507 e. The zero-order valence-electron chi connectivity index (χ0n) is 19.5. The Morgan fingerprint density at radius 3 is 2.56 bits per heavy atom. The molecule has 4 rings (SSSR count). The number of phenols is 1. The Kier molecular flexibility index (Phi) is 6.35. The van der Waals surface area contributed by atoms with E-state index in [2.05, 4.69) is 15.5 Å². The van der Waals surface area contributed by atoms with Gasteiger partial charge in [-0.05, 0) is 76.6 Å². The number of anilines is 1. The van der Waals surface area contributed by atoms with E-state index in [-0.39, 0.29) is 17.7 Å². The molecule has 0 bridgehead atoms. The molecule has 1 fully saturated rings. The number of nitrogens with zero attached hydrogens (tertiary/aromatic N) is 3. The number of fused-ring (bicyclic) bond motifs is 1. The van der Waals surface area contributed by atoms with E-state index in [1.165, 1.54) is 6.07 Å². The predicted molar refractivity (Wildman–Crippen MR) is 121 cm³/mol. The highest BCUT2D eigenvalue weighted by Crippen LogP contribution is 2.40. The van der Waals surface area contributed by atoms with Gasteiger partial charge in [0.15, 0.2) is 5.82 Å². The van der Waals surface area contributed by atoms with Crippen molar-refractivity contribution in [2.75, 3.05) is 18.4 Å². The van der Waals surface area contributed by atoms with Crippen LogP contribution in [0.5, 0.6) is 5.75 Å². The van der Waals surface area contributed by atoms with Crippen molar-refractivity contribution < 1.29 is 27.8 Å². The summed E-state index contributed by atoms with van der Waals surface area (Å²) in [5, 5.41) is 22.3. The van der Waals surface area contributed by atoms with E-state index >= 15 is 0 Å². The van der Waals surface area contributed by atoms with Crippen molar-refractivity contribution in [3.05, 3.63) is 34.9 Å². The van der Waals surface area contributed by atoms with Crippen molar-refractivity contribution in [3.8, 4) is 17.0 Å². The van der Waals surface area contributed by atoms with Gasteiger partial charge in [0.2, 0.25) is 0 Å². The minimum atomic E-state index is -4.54. The van der Waals surface area contributed by atoms with Gasteiger partial charge < -0.3 is 20.1 Å². The van der Waals surface area contributed by atoms with Crippen LogP contribution in [0.2, 0.25) is 0 Å². The fourth-order valence-corrected chi connectivity index (χ4v) is 4.51. The van der Waals surface area contributed by atoms with Crippen LogP contribution in [0.1, 0.15) is 56.7 Å². The third-order valence-electron chi connectivity index (χ3n) is 6.03. The van der Waals surface area contributed by atoms with Crippen molar-refractivity contribution in [1.29, 1.82) is 0 Å². The summed E-state index contributed by atoms with van der Waals surface area (Å²) in [5.41, 5.74) is 1.00. The Hall–Kier alpha value is -3.04. The average molecular weight is 479 g/mol. The number of aromatic nitrogens is 2. The fourth-order valence-electron chi connectivity index (χ4n) is 4.51. The minimum absolute atomic E-state index is 0.0226. The third kappa shape index (κ3) is 5.20. The molecule has 1 aromatic carbocycles. The maximum Gasteiger partial charge on any atom is 0.416 e. The van der Waals surface area contributed by atoms with Gasteiger partial charge in [0.25, 0.3) is 0 Å². The predicted octanol–water partition coefficient (Wildman–Crippen LogP) is 5.17. The second kappa shape index (κ2) is 8.96. The molecule has 0 spiro atoms. The summed E-state index contributed by atoms with van der Waals surface area (Å²) in [4.78, 5) is 14.2. The lowest BCUT2D eigenvalue weighted by Gasteiger charge is -2.34. The van der Waals surface area contributed by atoms with Crippen LogP contribution in [0.25, 0.3) is 11.3 Å². The van der Waals surface area contributed by atoms with Crippen LogP contribution in [-0.2, 0) is 23.8 Å². The zero-order valence-corrected chi connectivity index (χ0v) is 19.5. The number of aromatic hydroxyl groups is 1. The smallest absolute Gasteiger partial charge is 0.416 e. The summed E-state index contributed by atoms with van der Waals surface area (Å²) >= 11 is 0. The Labute approximate surface area is 196 Å². The molecular formula is C24H29F3N4O3. The number of hydrogen-bond acceptors (Lipinski definition) is 6. The molecule has 2 aromatic rings. The normalized spacial score (nSPS) is 18.5. The molecule has 7 nitrogen and oxygen atoms in total. The van der Waals surface area contributed by atoms with Gasteiger partial charge in [-0.3, -0.25) is 0 Å². The van der Waals surface area contributed by atoms with E-state index in [9.17, 15) is 23.1 Å². The number of likely N-dealkylation sites (tertiary alicyclic amines) is 1. The maximum atomic E-state index is 13.0. The first-order valence-electron chi connectivity index (χ1n) is 11.5. The Bertz CT molecular complexity index is 1080. The molecule has 10 heteroatoms. The van der Waals surface area contributed by atoms with Gasteiger partial charge in [-0.25, -0.2) is 4.79 Å². The van der Waals surface area contributed by atoms with Crippen LogP contribution in [0.15, 0.2) is 18.2 Å². The molecule has 1 aliphatic heterocycles. The lowest BCUT2D eigenvalue weighted by molar-refractivity contribution is -0.137. The summed E-state index contributed by atoms with van der Waals surface area (Å²) in [6.45, 7) is 6.61. The Morgan fingerprint density at radius 2 is 1.88 bits per heavy atom. The Morgan fingerprint density at radius 1 is 1.15 bits per heavy atom. The fraction of sp³-hybridized carbons (Fsp3) is 0.542. The molecule has 34 heavy (non-hydrogen) atoms. The number of piperidine rings is 1. The lowest BCUT2D eigenvalue weighted by atomic mass is 10.0. The number of alkyl halides is 3. The van der Waals surface area contributed by atoms with Crippen molar-refractivity contribution in [2.45, 2.75) is 70.7 Å². The van der Waals surface area contributed by atoms with Crippen LogP contribution >= 0.6 is 0 Å². The molecule has 2 heterocycles. The summed E-state index contributed by atoms with van der Waals surface area (Å²) < 4.78 is 44.4. The largest absolute Gasteiger partial charge is 0.507 e. The highest BCUT2D eigenvalue weighted by molar-refractivity contribution is 5.73. The molecule has 1 saturated heterocycles. The third-order valence-corrected chi connectivity index (χ3v) is 6.03. The van der Waals surface area contributed by atoms with E-state index in [0.29, 0.717) is 31.0 Å². The first-order valence-corrected chi connectivity index (χ1v) is 11.5. The molecule has 0 unspecified atom stereocenters. The maximum absolute atomic E-state index is 13.0. The highest BCUT2D eigenvalue weighted by atomic mass is 19.4. The molecule has 1 atom stereocenters. The van der Waals surface area contributed by atoms with Crippen LogP contribution in [0, 0.1) is 0 Å². The molecule has 1 amide bonds. The molecule has 1 aliphatic carbocycles. The molecular weight excluding hydrogens is 449 g/mol. The summed E-state index contributed by atoms with van der Waals surface area (Å²) in [6.07, 6.45) is -0.885. The van der Waals surface area contributed by atoms with Crippen molar-refractivity contribution >= 4 is 11.9 Å². The van der Waals surface area contributed by atoms with Gasteiger partial charge >= 0.3 is 12.3 Å². The molecule has 0 radical (unpaired) electrons. The van der Waals surface area contributed by atoms with Crippen molar-refractivity contribution in [2.24, 2.45) is 0 Å². The van der Waals surface area contributed by atoms with Crippen LogP contribution in [0.4, 0.5) is 23.8 Å². The number of hydrogen-bond donors (Lipinski definition) is 2. The number of phenolic OH excluding ortho intramolecular Hbond substituents is 1. The second-order valence-corrected chi connectivity index (χ2v) is 9.85.